The van der Waals surface area contributed by atoms with Crippen LogP contribution in [0.2, 0.25) is 5.02 Å². The maximum atomic E-state index is 12.7. The number of benzene rings is 2. The van der Waals surface area contributed by atoms with E-state index in [1.54, 1.807) is 24.3 Å². The molecule has 0 unspecified atom stereocenters. The topological polar surface area (TPSA) is 105 Å². The van der Waals surface area contributed by atoms with Crippen molar-refractivity contribution in [3.05, 3.63) is 59.1 Å². The third-order valence-electron chi connectivity index (χ3n) is 4.60. The van der Waals surface area contributed by atoms with Gasteiger partial charge in [0.2, 0.25) is 0 Å². The number of hydrazone groups is 1. The molecule has 1 amide bonds. The summed E-state index contributed by atoms with van der Waals surface area (Å²) in [6, 6.07) is 12.0. The summed E-state index contributed by atoms with van der Waals surface area (Å²) >= 11 is 6.02. The summed E-state index contributed by atoms with van der Waals surface area (Å²) in [5.41, 5.74) is 3.20. The molecule has 0 aromatic heterocycles. The van der Waals surface area contributed by atoms with E-state index in [9.17, 15) is 18.0 Å². The average Bonchev–Trinajstić information content (AvgIpc) is 2.66. The lowest BCUT2D eigenvalue weighted by atomic mass is 9.76. The number of anilines is 1. The smallest absolute Gasteiger partial charge is 0.271 e. The summed E-state index contributed by atoms with van der Waals surface area (Å²) < 4.78 is 27.8. The third kappa shape index (κ3) is 5.46. The molecule has 7 nitrogen and oxygen atoms in total. The monoisotopic (exact) mass is 447 g/mol. The van der Waals surface area contributed by atoms with Crippen molar-refractivity contribution in [2.24, 2.45) is 10.5 Å². The molecule has 1 saturated carbocycles. The Kier molecular flexibility index (Phi) is 6.28. The van der Waals surface area contributed by atoms with Gasteiger partial charge in [-0.05, 0) is 42.2 Å². The van der Waals surface area contributed by atoms with Crippen molar-refractivity contribution in [3.63, 3.8) is 0 Å². The normalized spacial score (nSPS) is 17.6. The number of carbonyl (C=O) groups excluding carboxylic acids is 2. The van der Waals surface area contributed by atoms with Crippen molar-refractivity contribution in [2.75, 3.05) is 4.72 Å². The summed E-state index contributed by atoms with van der Waals surface area (Å²) in [7, 11) is -3.94. The summed E-state index contributed by atoms with van der Waals surface area (Å²) in [6.07, 6.45) is 1.30. The SMILES string of the molecule is CC1(C)CC(=O)C/C(=N\NC(=O)c2cccc(S(=O)(=O)Nc3ccccc3Cl)c2)C1. The van der Waals surface area contributed by atoms with E-state index in [-0.39, 0.29) is 38.8 Å². The van der Waals surface area contributed by atoms with Gasteiger partial charge in [-0.1, -0.05) is 43.6 Å². The van der Waals surface area contributed by atoms with Gasteiger partial charge in [0.05, 0.1) is 15.6 Å². The number of Topliss-reactive ketones (excluding diaryl/α,β-unsaturated/α-hetero) is 1. The van der Waals surface area contributed by atoms with E-state index in [0.717, 1.165) is 0 Å². The predicted octanol–water partition coefficient (Wildman–Crippen LogP) is 4.01. The van der Waals surface area contributed by atoms with E-state index >= 15 is 0 Å². The minimum Gasteiger partial charge on any atom is -0.299 e. The van der Waals surface area contributed by atoms with Crippen LogP contribution in [0, 0.1) is 5.41 Å². The fraction of sp³-hybridized carbons (Fsp3) is 0.286. The maximum absolute atomic E-state index is 12.7. The molecule has 0 radical (unpaired) electrons. The number of nitrogens with zero attached hydrogens (tertiary/aromatic N) is 1. The van der Waals surface area contributed by atoms with Gasteiger partial charge in [-0.15, -0.1) is 0 Å². The van der Waals surface area contributed by atoms with E-state index in [2.05, 4.69) is 15.2 Å². The number of carbonyl (C=O) groups is 2. The highest BCUT2D eigenvalue weighted by Crippen LogP contribution is 2.31. The molecular formula is C21H22ClN3O4S. The fourth-order valence-electron chi connectivity index (χ4n) is 3.33. The Hall–Kier alpha value is -2.71. The fourth-order valence-corrected chi connectivity index (χ4v) is 4.69. The Morgan fingerprint density at radius 3 is 2.53 bits per heavy atom. The molecule has 3 rings (SSSR count). The Balaban J connectivity index is 1.76. The Bertz CT molecular complexity index is 1130. The Morgan fingerprint density at radius 2 is 1.83 bits per heavy atom. The first kappa shape index (κ1) is 22.0. The summed E-state index contributed by atoms with van der Waals surface area (Å²) in [4.78, 5) is 24.3. The van der Waals surface area contributed by atoms with Crippen molar-refractivity contribution in [3.8, 4) is 0 Å². The second kappa shape index (κ2) is 8.57. The van der Waals surface area contributed by atoms with E-state index in [4.69, 9.17) is 11.6 Å². The average molecular weight is 448 g/mol. The second-order valence-corrected chi connectivity index (χ2v) is 10.1. The highest BCUT2D eigenvalue weighted by Gasteiger charge is 2.30. The molecule has 2 aromatic rings. The molecule has 0 aliphatic heterocycles. The number of hydrogen-bond donors (Lipinski definition) is 2. The van der Waals surface area contributed by atoms with Crippen LogP contribution in [0.4, 0.5) is 5.69 Å². The van der Waals surface area contributed by atoms with Crippen molar-refractivity contribution in [1.29, 1.82) is 0 Å². The van der Waals surface area contributed by atoms with Crippen molar-refractivity contribution in [1.82, 2.24) is 5.43 Å². The molecule has 9 heteroatoms. The van der Waals surface area contributed by atoms with Crippen LogP contribution in [-0.4, -0.2) is 25.8 Å². The van der Waals surface area contributed by atoms with Gasteiger partial charge in [0.25, 0.3) is 15.9 Å². The molecule has 1 aliphatic carbocycles. The Labute approximate surface area is 180 Å². The molecular weight excluding hydrogens is 426 g/mol. The van der Waals surface area contributed by atoms with E-state index in [1.165, 1.54) is 24.3 Å². The molecule has 1 aliphatic rings. The summed E-state index contributed by atoms with van der Waals surface area (Å²) in [5.74, 6) is -0.480. The number of para-hydroxylation sites is 1. The maximum Gasteiger partial charge on any atom is 0.271 e. The van der Waals surface area contributed by atoms with E-state index in [0.29, 0.717) is 18.6 Å². The zero-order chi connectivity index (χ0) is 21.9. The number of rotatable bonds is 5. The minimum atomic E-state index is -3.94. The highest BCUT2D eigenvalue weighted by molar-refractivity contribution is 7.92. The van der Waals surface area contributed by atoms with Gasteiger partial charge in [0.1, 0.15) is 5.78 Å². The number of ketones is 1. The highest BCUT2D eigenvalue weighted by atomic mass is 35.5. The number of halogens is 1. The largest absolute Gasteiger partial charge is 0.299 e. The molecule has 0 heterocycles. The first-order valence-electron chi connectivity index (χ1n) is 9.31. The summed E-state index contributed by atoms with van der Waals surface area (Å²) in [6.45, 7) is 3.95. The first-order valence-corrected chi connectivity index (χ1v) is 11.2. The molecule has 1 fully saturated rings. The van der Waals surface area contributed by atoms with Gasteiger partial charge in [-0.25, -0.2) is 13.8 Å². The van der Waals surface area contributed by atoms with Gasteiger partial charge in [0, 0.05) is 24.1 Å². The molecule has 0 bridgehead atoms. The molecule has 0 atom stereocenters. The van der Waals surface area contributed by atoms with E-state index in [1.807, 2.05) is 13.8 Å². The van der Waals surface area contributed by atoms with E-state index < -0.39 is 15.9 Å². The molecule has 158 valence electrons. The van der Waals surface area contributed by atoms with Gasteiger partial charge >= 0.3 is 0 Å². The van der Waals surface area contributed by atoms with Crippen LogP contribution in [0.15, 0.2) is 58.5 Å². The van der Waals surface area contributed by atoms with Crippen molar-refractivity contribution >= 4 is 44.7 Å². The standard InChI is InChI=1S/C21H22ClN3O4S/c1-21(2)12-15(11-16(26)13-21)23-24-20(27)14-6-5-7-17(10-14)30(28,29)25-19-9-4-3-8-18(19)22/h3-10,25H,11-13H2,1-2H3,(H,24,27)/b23-15+. The van der Waals surface area contributed by atoms with Gasteiger partial charge in [-0.2, -0.15) is 5.10 Å². The number of sulfonamides is 1. The van der Waals surface area contributed by atoms with Crippen molar-refractivity contribution in [2.45, 2.75) is 38.0 Å². The number of amides is 1. The first-order chi connectivity index (χ1) is 14.1. The second-order valence-electron chi connectivity index (χ2n) is 7.97. The molecule has 2 aromatic carbocycles. The Morgan fingerprint density at radius 1 is 1.10 bits per heavy atom. The van der Waals surface area contributed by atoms with Crippen LogP contribution < -0.4 is 10.1 Å². The van der Waals surface area contributed by atoms with Crippen LogP contribution >= 0.6 is 11.6 Å². The summed E-state index contributed by atoms with van der Waals surface area (Å²) in [5, 5.41) is 4.35. The molecule has 0 saturated heterocycles. The predicted molar refractivity (Wildman–Crippen MR) is 116 cm³/mol. The molecule has 30 heavy (non-hydrogen) atoms. The lowest BCUT2D eigenvalue weighted by Gasteiger charge is -2.29. The molecule has 2 N–H and O–H groups in total. The van der Waals surface area contributed by atoms with Crippen LogP contribution in [0.3, 0.4) is 0 Å². The van der Waals surface area contributed by atoms with Crippen LogP contribution in [-0.2, 0) is 14.8 Å². The number of nitrogens with one attached hydrogen (secondary N) is 2. The lowest BCUT2D eigenvalue weighted by molar-refractivity contribution is -0.120. The van der Waals surface area contributed by atoms with Gasteiger partial charge in [-0.3, -0.25) is 14.3 Å². The lowest BCUT2D eigenvalue weighted by Crippen LogP contribution is -2.31. The third-order valence-corrected chi connectivity index (χ3v) is 6.29. The quantitative estimate of drug-likeness (QED) is 0.675. The number of hydrogen-bond acceptors (Lipinski definition) is 5. The van der Waals surface area contributed by atoms with Crippen LogP contribution in [0.5, 0.6) is 0 Å². The van der Waals surface area contributed by atoms with Crippen LogP contribution in [0.1, 0.15) is 43.5 Å². The van der Waals surface area contributed by atoms with Crippen molar-refractivity contribution < 1.29 is 18.0 Å². The minimum absolute atomic E-state index is 0.0815. The molecule has 0 spiro atoms. The van der Waals surface area contributed by atoms with Crippen LogP contribution in [0.25, 0.3) is 0 Å². The zero-order valence-electron chi connectivity index (χ0n) is 16.6. The van der Waals surface area contributed by atoms with Gasteiger partial charge in [0.15, 0.2) is 0 Å². The van der Waals surface area contributed by atoms with Gasteiger partial charge < -0.3 is 0 Å². The zero-order valence-corrected chi connectivity index (χ0v) is 18.2.